The second-order valence-corrected chi connectivity index (χ2v) is 3.39. The molecule has 0 heterocycles. The Balaban J connectivity index is 3.88. The number of rotatable bonds is 5. The summed E-state index contributed by atoms with van der Waals surface area (Å²) in [4.78, 5) is 0. The van der Waals surface area contributed by atoms with Crippen molar-refractivity contribution in [2.45, 2.75) is 33.6 Å². The van der Waals surface area contributed by atoms with Crippen LogP contribution in [0.3, 0.4) is 0 Å². The molecule has 0 aliphatic carbocycles. The van der Waals surface area contributed by atoms with Gasteiger partial charge in [0.2, 0.25) is 0 Å². The quantitative estimate of drug-likeness (QED) is 0.429. The fourth-order valence-corrected chi connectivity index (χ4v) is 0.899. The smallest absolute Gasteiger partial charge is 0.0161 e. The first-order valence-corrected chi connectivity index (χ1v) is 4.74. The van der Waals surface area contributed by atoms with Crippen LogP contribution in [0.25, 0.3) is 0 Å². The molecule has 0 fully saturated rings. The molecule has 0 N–H and O–H groups in total. The molecular weight excluding hydrogens is 156 g/mol. The van der Waals surface area contributed by atoms with E-state index in [1.54, 1.807) is 0 Å². The highest BCUT2D eigenvalue weighted by molar-refractivity contribution is 5.18. The molecular formula is C13H20. The largest absolute Gasteiger partial charge is 0.103 e. The summed E-state index contributed by atoms with van der Waals surface area (Å²) < 4.78 is 0. The highest BCUT2D eigenvalue weighted by atomic mass is 13.9. The van der Waals surface area contributed by atoms with Crippen molar-refractivity contribution in [1.82, 2.24) is 0 Å². The van der Waals surface area contributed by atoms with E-state index >= 15 is 0 Å². The lowest BCUT2D eigenvalue weighted by Crippen LogP contribution is -1.70. The summed E-state index contributed by atoms with van der Waals surface area (Å²) in [5, 5.41) is 0. The molecule has 0 aromatic heterocycles. The van der Waals surface area contributed by atoms with Gasteiger partial charge in [0.25, 0.3) is 0 Å². The third-order valence-electron chi connectivity index (χ3n) is 1.65. The summed E-state index contributed by atoms with van der Waals surface area (Å²) in [6, 6.07) is 0. The molecule has 0 rings (SSSR count). The number of allylic oxidation sites excluding steroid dienone is 7. The standard InChI is InChI=1S/C13H20/c1-5-6-7-10-13(4)11-8-9-12(2)3/h5,7,9-11H,1,6,8H2,2-4H3. The van der Waals surface area contributed by atoms with E-state index < -0.39 is 0 Å². The van der Waals surface area contributed by atoms with Crippen LogP contribution < -0.4 is 0 Å². The molecule has 0 saturated heterocycles. The zero-order chi connectivity index (χ0) is 10.1. The molecule has 0 heteroatoms. The lowest BCUT2D eigenvalue weighted by Gasteiger charge is -1.91. The average molecular weight is 176 g/mol. The topological polar surface area (TPSA) is 0 Å². The predicted octanol–water partition coefficient (Wildman–Crippen LogP) is 4.42. The lowest BCUT2D eigenvalue weighted by molar-refractivity contribution is 1.25. The summed E-state index contributed by atoms with van der Waals surface area (Å²) in [6.07, 6.45) is 12.6. The summed E-state index contributed by atoms with van der Waals surface area (Å²) in [5.41, 5.74) is 2.69. The van der Waals surface area contributed by atoms with E-state index in [1.165, 1.54) is 11.1 Å². The molecule has 0 amide bonds. The van der Waals surface area contributed by atoms with E-state index in [9.17, 15) is 0 Å². The fourth-order valence-electron chi connectivity index (χ4n) is 0.899. The molecule has 0 aliphatic rings. The van der Waals surface area contributed by atoms with E-state index in [0.717, 1.165) is 12.8 Å². The molecule has 0 radical (unpaired) electrons. The summed E-state index contributed by atoms with van der Waals surface area (Å²) in [5.74, 6) is 0. The summed E-state index contributed by atoms with van der Waals surface area (Å²) in [7, 11) is 0. The van der Waals surface area contributed by atoms with Crippen molar-refractivity contribution in [3.05, 3.63) is 48.1 Å². The van der Waals surface area contributed by atoms with Gasteiger partial charge in [-0.25, -0.2) is 0 Å². The lowest BCUT2D eigenvalue weighted by atomic mass is 10.2. The van der Waals surface area contributed by atoms with Gasteiger partial charge < -0.3 is 0 Å². The predicted molar refractivity (Wildman–Crippen MR) is 61.8 cm³/mol. The zero-order valence-electron chi connectivity index (χ0n) is 9.01. The Hall–Kier alpha value is -1.04. The first-order chi connectivity index (χ1) is 6.16. The SMILES string of the molecule is C=CCC=CC(C)=CCC=C(C)C. The zero-order valence-corrected chi connectivity index (χ0v) is 9.01. The third-order valence-corrected chi connectivity index (χ3v) is 1.65. The van der Waals surface area contributed by atoms with E-state index in [-0.39, 0.29) is 0 Å². The molecule has 13 heavy (non-hydrogen) atoms. The monoisotopic (exact) mass is 176 g/mol. The van der Waals surface area contributed by atoms with Gasteiger partial charge in [0.05, 0.1) is 0 Å². The van der Waals surface area contributed by atoms with Crippen LogP contribution in [0.1, 0.15) is 33.6 Å². The van der Waals surface area contributed by atoms with Gasteiger partial charge in [-0.05, 0) is 33.6 Å². The molecule has 0 bridgehead atoms. The van der Waals surface area contributed by atoms with E-state index in [4.69, 9.17) is 0 Å². The van der Waals surface area contributed by atoms with Gasteiger partial charge in [0, 0.05) is 0 Å². The minimum absolute atomic E-state index is 0.952. The maximum absolute atomic E-state index is 3.66. The van der Waals surface area contributed by atoms with Crippen LogP contribution >= 0.6 is 0 Å². The van der Waals surface area contributed by atoms with Crippen molar-refractivity contribution in [3.63, 3.8) is 0 Å². The Kier molecular flexibility index (Phi) is 6.99. The molecule has 0 aromatic rings. The minimum Gasteiger partial charge on any atom is -0.103 e. The number of hydrogen-bond donors (Lipinski definition) is 0. The van der Waals surface area contributed by atoms with Crippen molar-refractivity contribution in [1.29, 1.82) is 0 Å². The highest BCUT2D eigenvalue weighted by Crippen LogP contribution is 2.01. The first kappa shape index (κ1) is 12.0. The second-order valence-electron chi connectivity index (χ2n) is 3.39. The average Bonchev–Trinajstić information content (AvgIpc) is 2.04. The fraction of sp³-hybridized carbons (Fsp3) is 0.385. The van der Waals surface area contributed by atoms with Gasteiger partial charge in [-0.15, -0.1) is 6.58 Å². The second kappa shape index (κ2) is 7.60. The first-order valence-electron chi connectivity index (χ1n) is 4.74. The van der Waals surface area contributed by atoms with Crippen LogP contribution in [0.2, 0.25) is 0 Å². The molecule has 72 valence electrons. The molecule has 0 aromatic carbocycles. The van der Waals surface area contributed by atoms with Crippen LogP contribution in [0.4, 0.5) is 0 Å². The van der Waals surface area contributed by atoms with Crippen LogP contribution in [-0.2, 0) is 0 Å². The van der Waals surface area contributed by atoms with Crippen molar-refractivity contribution < 1.29 is 0 Å². The van der Waals surface area contributed by atoms with Crippen LogP contribution in [0, 0.1) is 0 Å². The molecule has 0 saturated carbocycles. The maximum atomic E-state index is 3.66. The van der Waals surface area contributed by atoms with Gasteiger partial charge in [-0.1, -0.05) is 41.5 Å². The Bertz CT molecular complexity index is 222. The van der Waals surface area contributed by atoms with Gasteiger partial charge in [0.1, 0.15) is 0 Å². The Morgan fingerprint density at radius 2 is 1.77 bits per heavy atom. The maximum Gasteiger partial charge on any atom is -0.0161 e. The molecule has 0 unspecified atom stereocenters. The van der Waals surface area contributed by atoms with Gasteiger partial charge in [0.15, 0.2) is 0 Å². The Morgan fingerprint density at radius 1 is 1.08 bits per heavy atom. The third kappa shape index (κ3) is 8.87. The Morgan fingerprint density at radius 3 is 2.31 bits per heavy atom. The van der Waals surface area contributed by atoms with Gasteiger partial charge >= 0.3 is 0 Å². The molecule has 0 spiro atoms. The van der Waals surface area contributed by atoms with Crippen molar-refractivity contribution >= 4 is 0 Å². The van der Waals surface area contributed by atoms with E-state index in [2.05, 4.69) is 51.7 Å². The van der Waals surface area contributed by atoms with E-state index in [0.29, 0.717) is 0 Å². The summed E-state index contributed by atoms with van der Waals surface area (Å²) >= 11 is 0. The van der Waals surface area contributed by atoms with Crippen molar-refractivity contribution in [2.75, 3.05) is 0 Å². The van der Waals surface area contributed by atoms with Crippen molar-refractivity contribution in [3.8, 4) is 0 Å². The minimum atomic E-state index is 0.952. The van der Waals surface area contributed by atoms with Crippen LogP contribution in [-0.4, -0.2) is 0 Å². The summed E-state index contributed by atoms with van der Waals surface area (Å²) in [6.45, 7) is 10.0. The normalized spacial score (nSPS) is 11.8. The molecule has 0 nitrogen and oxygen atoms in total. The van der Waals surface area contributed by atoms with Crippen LogP contribution in [0.15, 0.2) is 48.1 Å². The van der Waals surface area contributed by atoms with Crippen molar-refractivity contribution in [2.24, 2.45) is 0 Å². The van der Waals surface area contributed by atoms with Crippen LogP contribution in [0.5, 0.6) is 0 Å². The van der Waals surface area contributed by atoms with E-state index in [1.807, 2.05) is 6.08 Å². The highest BCUT2D eigenvalue weighted by Gasteiger charge is 1.80. The van der Waals surface area contributed by atoms with Gasteiger partial charge in [-0.3, -0.25) is 0 Å². The van der Waals surface area contributed by atoms with Gasteiger partial charge in [-0.2, -0.15) is 0 Å². The number of hydrogen-bond acceptors (Lipinski definition) is 0. The molecule has 0 atom stereocenters. The Labute approximate surface area is 82.4 Å². The molecule has 0 aliphatic heterocycles.